The van der Waals surface area contributed by atoms with Crippen molar-refractivity contribution >= 4 is 17.3 Å². The molecular formula is C15H23N5O. The minimum atomic E-state index is 0.213. The van der Waals surface area contributed by atoms with Crippen LogP contribution in [0.15, 0.2) is 18.6 Å². The Morgan fingerprint density at radius 3 is 3.10 bits per heavy atom. The summed E-state index contributed by atoms with van der Waals surface area (Å²) in [6.45, 7) is 8.90. The highest BCUT2D eigenvalue weighted by molar-refractivity contribution is 5.67. The van der Waals surface area contributed by atoms with E-state index < -0.39 is 0 Å². The van der Waals surface area contributed by atoms with Crippen LogP contribution in [-0.2, 0) is 4.74 Å². The number of nitrogens with zero attached hydrogens (tertiary/aromatic N) is 4. The standard InChI is InChI=1S/C15H23N5O/c1-4-5-16-13-9-19-7-6-17-14(19)15(18-13)20-8-12(3)21-10-11(20)2/h6-7,9,11-12,16H,4-5,8,10H2,1-3H3. The van der Waals surface area contributed by atoms with Crippen molar-refractivity contribution in [3.05, 3.63) is 18.6 Å². The molecule has 2 aromatic heterocycles. The average molecular weight is 289 g/mol. The number of hydrogen-bond acceptors (Lipinski definition) is 5. The largest absolute Gasteiger partial charge is 0.375 e. The van der Waals surface area contributed by atoms with Crippen LogP contribution in [0.3, 0.4) is 0 Å². The zero-order valence-electron chi connectivity index (χ0n) is 12.9. The minimum Gasteiger partial charge on any atom is -0.375 e. The van der Waals surface area contributed by atoms with Gasteiger partial charge < -0.3 is 19.4 Å². The van der Waals surface area contributed by atoms with E-state index in [1.807, 2.05) is 23.0 Å². The van der Waals surface area contributed by atoms with Crippen molar-refractivity contribution in [2.45, 2.75) is 39.3 Å². The van der Waals surface area contributed by atoms with Gasteiger partial charge in [0.2, 0.25) is 0 Å². The lowest BCUT2D eigenvalue weighted by atomic mass is 10.2. The van der Waals surface area contributed by atoms with E-state index in [0.717, 1.165) is 43.4 Å². The van der Waals surface area contributed by atoms with Gasteiger partial charge in [-0.25, -0.2) is 9.97 Å². The molecule has 0 aliphatic carbocycles. The number of rotatable bonds is 4. The van der Waals surface area contributed by atoms with E-state index in [0.29, 0.717) is 6.04 Å². The summed E-state index contributed by atoms with van der Waals surface area (Å²) in [5.41, 5.74) is 0.901. The molecule has 3 heterocycles. The molecule has 0 amide bonds. The Kier molecular flexibility index (Phi) is 3.96. The predicted molar refractivity (Wildman–Crippen MR) is 84.0 cm³/mol. The topological polar surface area (TPSA) is 54.7 Å². The molecule has 1 fully saturated rings. The monoisotopic (exact) mass is 289 g/mol. The van der Waals surface area contributed by atoms with Gasteiger partial charge in [0.25, 0.3) is 0 Å². The summed E-state index contributed by atoms with van der Waals surface area (Å²) in [5, 5.41) is 3.36. The first kappa shape index (κ1) is 14.1. The van der Waals surface area contributed by atoms with Gasteiger partial charge in [-0.15, -0.1) is 0 Å². The van der Waals surface area contributed by atoms with Crippen LogP contribution in [0.2, 0.25) is 0 Å². The second-order valence-electron chi connectivity index (χ2n) is 5.68. The van der Waals surface area contributed by atoms with Crippen molar-refractivity contribution in [3.8, 4) is 0 Å². The number of nitrogens with one attached hydrogen (secondary N) is 1. The third-order valence-corrected chi connectivity index (χ3v) is 3.79. The fourth-order valence-corrected chi connectivity index (χ4v) is 2.64. The zero-order valence-corrected chi connectivity index (χ0v) is 12.9. The summed E-state index contributed by atoms with van der Waals surface area (Å²) in [4.78, 5) is 11.6. The van der Waals surface area contributed by atoms with Gasteiger partial charge in [-0.3, -0.25) is 0 Å². The van der Waals surface area contributed by atoms with Gasteiger partial charge in [0.05, 0.1) is 24.9 Å². The number of ether oxygens (including phenoxy) is 1. The van der Waals surface area contributed by atoms with Gasteiger partial charge in [-0.05, 0) is 20.3 Å². The molecule has 6 heteroatoms. The molecule has 1 aliphatic heterocycles. The molecular weight excluding hydrogens is 266 g/mol. The number of morpholine rings is 1. The number of anilines is 2. The van der Waals surface area contributed by atoms with Crippen LogP contribution in [-0.4, -0.2) is 46.2 Å². The number of hydrogen-bond donors (Lipinski definition) is 1. The van der Waals surface area contributed by atoms with Crippen LogP contribution in [0.25, 0.3) is 5.65 Å². The van der Waals surface area contributed by atoms with Crippen LogP contribution in [0.1, 0.15) is 27.2 Å². The van der Waals surface area contributed by atoms with Crippen LogP contribution >= 0.6 is 0 Å². The van der Waals surface area contributed by atoms with Crippen molar-refractivity contribution in [1.29, 1.82) is 0 Å². The third kappa shape index (κ3) is 2.81. The van der Waals surface area contributed by atoms with E-state index in [4.69, 9.17) is 9.72 Å². The molecule has 2 aromatic rings. The van der Waals surface area contributed by atoms with Gasteiger partial charge in [-0.1, -0.05) is 6.92 Å². The molecule has 2 atom stereocenters. The minimum absolute atomic E-state index is 0.213. The van der Waals surface area contributed by atoms with E-state index in [1.54, 1.807) is 0 Å². The lowest BCUT2D eigenvalue weighted by Gasteiger charge is -2.37. The summed E-state index contributed by atoms with van der Waals surface area (Å²) < 4.78 is 7.75. The van der Waals surface area contributed by atoms with E-state index in [-0.39, 0.29) is 6.10 Å². The maximum atomic E-state index is 5.72. The van der Waals surface area contributed by atoms with Gasteiger partial charge in [0.1, 0.15) is 5.82 Å². The highest BCUT2D eigenvalue weighted by atomic mass is 16.5. The van der Waals surface area contributed by atoms with E-state index in [1.165, 1.54) is 0 Å². The fraction of sp³-hybridized carbons (Fsp3) is 0.600. The molecule has 0 spiro atoms. The molecule has 0 aromatic carbocycles. The predicted octanol–water partition coefficient (Wildman–Crippen LogP) is 2.16. The van der Waals surface area contributed by atoms with Gasteiger partial charge >= 0.3 is 0 Å². The third-order valence-electron chi connectivity index (χ3n) is 3.79. The first-order valence-electron chi connectivity index (χ1n) is 7.65. The Bertz CT molecular complexity index is 611. The van der Waals surface area contributed by atoms with Crippen molar-refractivity contribution < 1.29 is 4.74 Å². The van der Waals surface area contributed by atoms with E-state index in [9.17, 15) is 0 Å². The van der Waals surface area contributed by atoms with Crippen molar-refractivity contribution in [1.82, 2.24) is 14.4 Å². The summed E-state index contributed by atoms with van der Waals surface area (Å²) in [5.74, 6) is 1.83. The second-order valence-corrected chi connectivity index (χ2v) is 5.68. The fourth-order valence-electron chi connectivity index (χ4n) is 2.64. The Morgan fingerprint density at radius 2 is 2.29 bits per heavy atom. The normalized spacial score (nSPS) is 22.7. The Balaban J connectivity index is 2.00. The number of aromatic nitrogens is 3. The van der Waals surface area contributed by atoms with Crippen molar-refractivity contribution in [3.63, 3.8) is 0 Å². The lowest BCUT2D eigenvalue weighted by Crippen LogP contribution is -2.48. The molecule has 2 unspecified atom stereocenters. The van der Waals surface area contributed by atoms with Crippen LogP contribution in [0.4, 0.5) is 11.6 Å². The van der Waals surface area contributed by atoms with Gasteiger partial charge in [0, 0.05) is 25.5 Å². The van der Waals surface area contributed by atoms with Crippen molar-refractivity contribution in [2.75, 3.05) is 29.9 Å². The Labute approximate surface area is 125 Å². The molecule has 0 bridgehead atoms. The molecule has 1 aliphatic rings. The van der Waals surface area contributed by atoms with Crippen LogP contribution < -0.4 is 10.2 Å². The SMILES string of the molecule is CCCNc1cn2ccnc2c(N2CC(C)OCC2C)n1. The molecule has 1 saturated heterocycles. The van der Waals surface area contributed by atoms with E-state index in [2.05, 4.69) is 36.0 Å². The number of fused-ring (bicyclic) bond motifs is 1. The molecule has 6 nitrogen and oxygen atoms in total. The second kappa shape index (κ2) is 5.89. The summed E-state index contributed by atoms with van der Waals surface area (Å²) in [6.07, 6.45) is 7.07. The molecule has 0 radical (unpaired) electrons. The Morgan fingerprint density at radius 1 is 1.43 bits per heavy atom. The average Bonchev–Trinajstić information content (AvgIpc) is 2.95. The number of imidazole rings is 1. The van der Waals surface area contributed by atoms with Gasteiger partial charge in [0.15, 0.2) is 11.5 Å². The smallest absolute Gasteiger partial charge is 0.180 e. The molecule has 1 N–H and O–H groups in total. The summed E-state index contributed by atoms with van der Waals surface area (Å²) in [7, 11) is 0. The first-order chi connectivity index (χ1) is 10.2. The lowest BCUT2D eigenvalue weighted by molar-refractivity contribution is 0.0341. The molecule has 21 heavy (non-hydrogen) atoms. The van der Waals surface area contributed by atoms with E-state index >= 15 is 0 Å². The van der Waals surface area contributed by atoms with Crippen molar-refractivity contribution in [2.24, 2.45) is 0 Å². The van der Waals surface area contributed by atoms with Crippen LogP contribution in [0.5, 0.6) is 0 Å². The van der Waals surface area contributed by atoms with Gasteiger partial charge in [-0.2, -0.15) is 0 Å². The Hall–Kier alpha value is -1.82. The summed E-state index contributed by atoms with van der Waals surface area (Å²) >= 11 is 0. The first-order valence-corrected chi connectivity index (χ1v) is 7.65. The highest BCUT2D eigenvalue weighted by Crippen LogP contribution is 2.25. The molecule has 0 saturated carbocycles. The molecule has 3 rings (SSSR count). The quantitative estimate of drug-likeness (QED) is 0.935. The molecule has 114 valence electrons. The maximum absolute atomic E-state index is 5.72. The highest BCUT2D eigenvalue weighted by Gasteiger charge is 2.27. The van der Waals surface area contributed by atoms with Crippen LogP contribution in [0, 0.1) is 0 Å². The zero-order chi connectivity index (χ0) is 14.8. The summed E-state index contributed by atoms with van der Waals surface area (Å²) in [6, 6.07) is 0.302. The maximum Gasteiger partial charge on any atom is 0.180 e.